The Morgan fingerprint density at radius 1 is 1.18 bits per heavy atom. The van der Waals surface area contributed by atoms with Crippen molar-refractivity contribution in [2.75, 3.05) is 19.7 Å². The van der Waals surface area contributed by atoms with Gasteiger partial charge >= 0.3 is 0 Å². The molecule has 1 aromatic carbocycles. The SMILES string of the molecule is Cc1ccc(OC[C@@]2(O)CN(C3CCCC3)CC[C@@H]2O)cc1. The monoisotopic (exact) mass is 305 g/mol. The van der Waals surface area contributed by atoms with Crippen LogP contribution in [0.5, 0.6) is 5.75 Å². The van der Waals surface area contributed by atoms with Crippen LogP contribution in [-0.4, -0.2) is 52.6 Å². The van der Waals surface area contributed by atoms with Crippen LogP contribution in [0.3, 0.4) is 0 Å². The minimum Gasteiger partial charge on any atom is -0.490 e. The van der Waals surface area contributed by atoms with E-state index in [2.05, 4.69) is 4.90 Å². The molecule has 0 bridgehead atoms. The number of aliphatic hydroxyl groups excluding tert-OH is 1. The predicted octanol–water partition coefficient (Wildman–Crippen LogP) is 2.11. The topological polar surface area (TPSA) is 52.9 Å². The van der Waals surface area contributed by atoms with Gasteiger partial charge in [0.1, 0.15) is 18.0 Å². The fraction of sp³-hybridized carbons (Fsp3) is 0.667. The van der Waals surface area contributed by atoms with Crippen molar-refractivity contribution in [2.24, 2.45) is 0 Å². The van der Waals surface area contributed by atoms with Crippen LogP contribution < -0.4 is 4.74 Å². The van der Waals surface area contributed by atoms with Crippen LogP contribution in [0, 0.1) is 6.92 Å². The second kappa shape index (κ2) is 6.57. The molecule has 2 fully saturated rings. The van der Waals surface area contributed by atoms with Crippen molar-refractivity contribution in [1.82, 2.24) is 4.90 Å². The highest BCUT2D eigenvalue weighted by molar-refractivity contribution is 5.26. The third kappa shape index (κ3) is 3.45. The van der Waals surface area contributed by atoms with Gasteiger partial charge in [0.05, 0.1) is 6.10 Å². The zero-order chi connectivity index (χ0) is 15.6. The van der Waals surface area contributed by atoms with Crippen molar-refractivity contribution in [1.29, 1.82) is 0 Å². The van der Waals surface area contributed by atoms with Gasteiger partial charge in [-0.15, -0.1) is 0 Å². The molecule has 4 nitrogen and oxygen atoms in total. The maximum absolute atomic E-state index is 10.9. The fourth-order valence-electron chi connectivity index (χ4n) is 3.66. The van der Waals surface area contributed by atoms with Crippen LogP contribution >= 0.6 is 0 Å². The highest BCUT2D eigenvalue weighted by Gasteiger charge is 2.43. The van der Waals surface area contributed by atoms with Crippen LogP contribution in [-0.2, 0) is 0 Å². The summed E-state index contributed by atoms with van der Waals surface area (Å²) in [6.45, 7) is 3.55. The average molecular weight is 305 g/mol. The first kappa shape index (κ1) is 15.8. The van der Waals surface area contributed by atoms with Gasteiger partial charge in [-0.2, -0.15) is 0 Å². The third-order valence-corrected chi connectivity index (χ3v) is 5.14. The van der Waals surface area contributed by atoms with Gasteiger partial charge in [0.25, 0.3) is 0 Å². The Balaban J connectivity index is 1.62. The number of piperidine rings is 1. The van der Waals surface area contributed by atoms with E-state index in [-0.39, 0.29) is 6.61 Å². The highest BCUT2D eigenvalue weighted by atomic mass is 16.5. The van der Waals surface area contributed by atoms with Crippen molar-refractivity contribution >= 4 is 0 Å². The molecule has 0 radical (unpaired) electrons. The zero-order valence-electron chi connectivity index (χ0n) is 13.4. The number of aliphatic hydroxyl groups is 2. The minimum atomic E-state index is -1.17. The Kier molecular flexibility index (Phi) is 4.71. The third-order valence-electron chi connectivity index (χ3n) is 5.14. The fourth-order valence-corrected chi connectivity index (χ4v) is 3.66. The van der Waals surface area contributed by atoms with Gasteiger partial charge in [-0.1, -0.05) is 30.5 Å². The molecular weight excluding hydrogens is 278 g/mol. The first-order chi connectivity index (χ1) is 10.6. The lowest BCUT2D eigenvalue weighted by Crippen LogP contribution is -2.61. The molecule has 22 heavy (non-hydrogen) atoms. The van der Waals surface area contributed by atoms with E-state index in [0.29, 0.717) is 19.0 Å². The van der Waals surface area contributed by atoms with E-state index >= 15 is 0 Å². The number of aryl methyl sites for hydroxylation is 1. The molecular formula is C18H27NO3. The molecule has 122 valence electrons. The van der Waals surface area contributed by atoms with Gasteiger partial charge in [0, 0.05) is 19.1 Å². The van der Waals surface area contributed by atoms with E-state index < -0.39 is 11.7 Å². The van der Waals surface area contributed by atoms with Crippen molar-refractivity contribution in [3.63, 3.8) is 0 Å². The van der Waals surface area contributed by atoms with Crippen LogP contribution in [0.2, 0.25) is 0 Å². The summed E-state index contributed by atoms with van der Waals surface area (Å²) in [6.07, 6.45) is 4.89. The van der Waals surface area contributed by atoms with Gasteiger partial charge in [-0.05, 0) is 38.3 Å². The van der Waals surface area contributed by atoms with E-state index in [1.54, 1.807) is 0 Å². The second-order valence-electron chi connectivity index (χ2n) is 6.92. The Hall–Kier alpha value is -1.10. The van der Waals surface area contributed by atoms with Crippen molar-refractivity contribution in [3.05, 3.63) is 29.8 Å². The molecule has 1 aromatic rings. The van der Waals surface area contributed by atoms with Gasteiger partial charge in [0.2, 0.25) is 0 Å². The van der Waals surface area contributed by atoms with E-state index in [1.807, 2.05) is 31.2 Å². The molecule has 2 aliphatic rings. The molecule has 1 saturated carbocycles. The molecule has 0 spiro atoms. The van der Waals surface area contributed by atoms with E-state index in [9.17, 15) is 10.2 Å². The molecule has 1 aliphatic heterocycles. The molecule has 3 rings (SSSR count). The highest BCUT2D eigenvalue weighted by Crippen LogP contribution is 2.30. The van der Waals surface area contributed by atoms with E-state index in [4.69, 9.17) is 4.74 Å². The molecule has 2 N–H and O–H groups in total. The smallest absolute Gasteiger partial charge is 0.137 e. The average Bonchev–Trinajstić information content (AvgIpc) is 3.04. The standard InChI is InChI=1S/C18H27NO3/c1-14-6-8-16(9-7-14)22-13-18(21)12-19(11-10-17(18)20)15-4-2-3-5-15/h6-9,15,17,20-21H,2-5,10-13H2,1H3/t17-,18-/m0/s1. The van der Waals surface area contributed by atoms with Crippen LogP contribution in [0.15, 0.2) is 24.3 Å². The van der Waals surface area contributed by atoms with E-state index in [0.717, 1.165) is 12.3 Å². The van der Waals surface area contributed by atoms with Gasteiger partial charge in [0.15, 0.2) is 0 Å². The van der Waals surface area contributed by atoms with E-state index in [1.165, 1.54) is 31.2 Å². The molecule has 1 saturated heterocycles. The normalized spacial score (nSPS) is 30.6. The Labute approximate surface area is 132 Å². The lowest BCUT2D eigenvalue weighted by atomic mass is 9.89. The summed E-state index contributed by atoms with van der Waals surface area (Å²) in [5, 5.41) is 21.1. The second-order valence-corrected chi connectivity index (χ2v) is 6.92. The lowest BCUT2D eigenvalue weighted by molar-refractivity contribution is -0.144. The van der Waals surface area contributed by atoms with Gasteiger partial charge in [-0.25, -0.2) is 0 Å². The first-order valence-electron chi connectivity index (χ1n) is 8.41. The number of hydrogen-bond donors (Lipinski definition) is 2. The van der Waals surface area contributed by atoms with Crippen molar-refractivity contribution < 1.29 is 14.9 Å². The number of hydrogen-bond acceptors (Lipinski definition) is 4. The first-order valence-corrected chi connectivity index (χ1v) is 8.41. The molecule has 0 amide bonds. The maximum atomic E-state index is 10.9. The predicted molar refractivity (Wildman–Crippen MR) is 86.1 cm³/mol. The molecule has 0 aromatic heterocycles. The summed E-state index contributed by atoms with van der Waals surface area (Å²) in [5.74, 6) is 0.740. The summed E-state index contributed by atoms with van der Waals surface area (Å²) in [5.41, 5.74) is 0.00214. The largest absolute Gasteiger partial charge is 0.490 e. The minimum absolute atomic E-state index is 0.139. The number of β-amino-alcohol motifs (C(OH)–C–C–N with tert-alkyl or cyclic N) is 1. The molecule has 1 heterocycles. The van der Waals surface area contributed by atoms with Crippen LogP contribution in [0.4, 0.5) is 0 Å². The number of nitrogens with zero attached hydrogens (tertiary/aromatic N) is 1. The quantitative estimate of drug-likeness (QED) is 0.894. The summed E-state index contributed by atoms with van der Waals surface area (Å²) in [6, 6.07) is 8.35. The lowest BCUT2D eigenvalue weighted by Gasteiger charge is -2.44. The molecule has 0 unspecified atom stereocenters. The maximum Gasteiger partial charge on any atom is 0.137 e. The van der Waals surface area contributed by atoms with Crippen LogP contribution in [0.25, 0.3) is 0 Å². The molecule has 1 aliphatic carbocycles. The number of rotatable bonds is 4. The summed E-state index contributed by atoms with van der Waals surface area (Å²) in [7, 11) is 0. The molecule has 2 atom stereocenters. The van der Waals surface area contributed by atoms with Crippen LogP contribution in [0.1, 0.15) is 37.7 Å². The Morgan fingerprint density at radius 2 is 1.86 bits per heavy atom. The Morgan fingerprint density at radius 3 is 2.55 bits per heavy atom. The summed E-state index contributed by atoms with van der Waals surface area (Å²) in [4.78, 5) is 2.35. The van der Waals surface area contributed by atoms with Crippen molar-refractivity contribution in [2.45, 2.75) is 56.8 Å². The summed E-state index contributed by atoms with van der Waals surface area (Å²) >= 11 is 0. The molecule has 4 heteroatoms. The van der Waals surface area contributed by atoms with Gasteiger partial charge in [-0.3, -0.25) is 4.90 Å². The van der Waals surface area contributed by atoms with Gasteiger partial charge < -0.3 is 14.9 Å². The Bertz CT molecular complexity index is 484. The number of benzene rings is 1. The zero-order valence-corrected chi connectivity index (χ0v) is 13.4. The number of ether oxygens (including phenoxy) is 1. The van der Waals surface area contributed by atoms with Crippen molar-refractivity contribution in [3.8, 4) is 5.75 Å². The number of likely N-dealkylation sites (tertiary alicyclic amines) is 1. The summed E-state index contributed by atoms with van der Waals surface area (Å²) < 4.78 is 5.75.